The van der Waals surface area contributed by atoms with Crippen LogP contribution in [-0.2, 0) is 4.79 Å². The minimum absolute atomic E-state index is 0.305. The monoisotopic (exact) mass is 422 g/mol. The summed E-state index contributed by atoms with van der Waals surface area (Å²) in [6.07, 6.45) is 1.46. The maximum Gasteiger partial charge on any atom is 0.322 e. The van der Waals surface area contributed by atoms with Gasteiger partial charge in [-0.1, -0.05) is 12.1 Å². The highest BCUT2D eigenvalue weighted by molar-refractivity contribution is 7.17. The topological polar surface area (TPSA) is 104 Å². The van der Waals surface area contributed by atoms with Crippen LogP contribution in [0.4, 0.5) is 15.9 Å². The minimum Gasteiger partial charge on any atom is -0.480 e. The SMILES string of the molecule is O=C(O)CNC(=O)c1ccc(Nc2ncnc3scc(-c4ccc(F)cc4)c23)cc1. The van der Waals surface area contributed by atoms with Gasteiger partial charge in [0.05, 0.1) is 5.39 Å². The number of carbonyl (C=O) groups is 2. The standard InChI is InChI=1S/C21H15FN4O3S/c22-14-5-1-12(2-6-14)16-10-30-21-18(16)19(24-11-25-21)26-15-7-3-13(4-8-15)20(29)23-9-17(27)28/h1-8,10-11H,9H2,(H,23,29)(H,27,28)(H,24,25,26). The molecule has 30 heavy (non-hydrogen) atoms. The Balaban J connectivity index is 1.61. The molecular formula is C21H15FN4O3S. The molecule has 3 N–H and O–H groups in total. The average molecular weight is 422 g/mol. The number of aromatic nitrogens is 2. The second-order valence-electron chi connectivity index (χ2n) is 6.34. The quantitative estimate of drug-likeness (QED) is 0.433. The van der Waals surface area contributed by atoms with E-state index in [1.54, 1.807) is 36.4 Å². The summed E-state index contributed by atoms with van der Waals surface area (Å²) in [5.41, 5.74) is 2.78. The minimum atomic E-state index is -1.11. The molecule has 2 aromatic heterocycles. The fourth-order valence-electron chi connectivity index (χ4n) is 2.91. The molecule has 0 bridgehead atoms. The third-order valence-electron chi connectivity index (χ3n) is 4.34. The van der Waals surface area contributed by atoms with Crippen LogP contribution >= 0.6 is 11.3 Å². The second-order valence-corrected chi connectivity index (χ2v) is 7.20. The van der Waals surface area contributed by atoms with E-state index in [-0.39, 0.29) is 5.82 Å². The number of amides is 1. The third-order valence-corrected chi connectivity index (χ3v) is 5.22. The van der Waals surface area contributed by atoms with Gasteiger partial charge in [0.2, 0.25) is 0 Å². The molecule has 150 valence electrons. The van der Waals surface area contributed by atoms with Crippen LogP contribution in [0.25, 0.3) is 21.3 Å². The van der Waals surface area contributed by atoms with Crippen LogP contribution in [-0.4, -0.2) is 33.5 Å². The van der Waals surface area contributed by atoms with Gasteiger partial charge in [-0.2, -0.15) is 0 Å². The van der Waals surface area contributed by atoms with Crippen LogP contribution in [0.15, 0.2) is 60.2 Å². The number of halogens is 1. The summed E-state index contributed by atoms with van der Waals surface area (Å²) >= 11 is 1.47. The second kappa shape index (κ2) is 8.26. The largest absolute Gasteiger partial charge is 0.480 e. The van der Waals surface area contributed by atoms with Crippen LogP contribution in [0.3, 0.4) is 0 Å². The Morgan fingerprint density at radius 3 is 2.47 bits per heavy atom. The normalized spacial score (nSPS) is 10.7. The summed E-state index contributed by atoms with van der Waals surface area (Å²) in [4.78, 5) is 32.0. The molecule has 0 saturated heterocycles. The Morgan fingerprint density at radius 1 is 1.03 bits per heavy atom. The van der Waals surface area contributed by atoms with E-state index >= 15 is 0 Å². The first-order valence-corrected chi connectivity index (χ1v) is 9.74. The first-order chi connectivity index (χ1) is 14.5. The van der Waals surface area contributed by atoms with Gasteiger partial charge < -0.3 is 15.7 Å². The van der Waals surface area contributed by atoms with Crippen molar-refractivity contribution in [3.8, 4) is 11.1 Å². The highest BCUT2D eigenvalue weighted by Crippen LogP contribution is 2.37. The first kappa shape index (κ1) is 19.5. The fourth-order valence-corrected chi connectivity index (χ4v) is 3.83. The molecule has 4 rings (SSSR count). The highest BCUT2D eigenvalue weighted by Gasteiger charge is 2.14. The zero-order valence-corrected chi connectivity index (χ0v) is 16.2. The van der Waals surface area contributed by atoms with Crippen molar-refractivity contribution in [2.45, 2.75) is 0 Å². The molecule has 7 nitrogen and oxygen atoms in total. The number of rotatable bonds is 6. The van der Waals surface area contributed by atoms with Crippen molar-refractivity contribution in [3.63, 3.8) is 0 Å². The number of carboxylic acids is 1. The number of thiophene rings is 1. The lowest BCUT2D eigenvalue weighted by atomic mass is 10.1. The Hall–Kier alpha value is -3.85. The maximum absolute atomic E-state index is 13.3. The van der Waals surface area contributed by atoms with Gasteiger partial charge in [0.25, 0.3) is 5.91 Å². The van der Waals surface area contributed by atoms with Crippen molar-refractivity contribution in [3.05, 3.63) is 71.6 Å². The zero-order chi connectivity index (χ0) is 21.1. The summed E-state index contributed by atoms with van der Waals surface area (Å²) in [5, 5.41) is 17.0. The van der Waals surface area contributed by atoms with Crippen LogP contribution in [0.1, 0.15) is 10.4 Å². The lowest BCUT2D eigenvalue weighted by Gasteiger charge is -2.09. The van der Waals surface area contributed by atoms with Gasteiger partial charge in [-0.25, -0.2) is 14.4 Å². The van der Waals surface area contributed by atoms with Gasteiger partial charge in [-0.3, -0.25) is 9.59 Å². The molecule has 0 aliphatic rings. The number of anilines is 2. The molecule has 1 amide bonds. The molecule has 0 atom stereocenters. The van der Waals surface area contributed by atoms with E-state index in [9.17, 15) is 14.0 Å². The number of carboxylic acid groups (broad SMARTS) is 1. The van der Waals surface area contributed by atoms with Gasteiger partial charge in [0.15, 0.2) is 0 Å². The van der Waals surface area contributed by atoms with Crippen LogP contribution in [0.5, 0.6) is 0 Å². The molecule has 0 radical (unpaired) electrons. The molecule has 0 unspecified atom stereocenters. The predicted molar refractivity (Wildman–Crippen MR) is 113 cm³/mol. The molecule has 9 heteroatoms. The van der Waals surface area contributed by atoms with Crippen molar-refractivity contribution in [1.82, 2.24) is 15.3 Å². The van der Waals surface area contributed by atoms with Crippen LogP contribution < -0.4 is 10.6 Å². The number of nitrogens with zero attached hydrogens (tertiary/aromatic N) is 2. The fraction of sp³-hybridized carbons (Fsp3) is 0.0476. The molecule has 2 heterocycles. The molecule has 0 spiro atoms. The van der Waals surface area contributed by atoms with Crippen LogP contribution in [0, 0.1) is 5.82 Å². The number of carbonyl (C=O) groups excluding carboxylic acids is 1. The Kier molecular flexibility index (Phi) is 5.36. The lowest BCUT2D eigenvalue weighted by molar-refractivity contribution is -0.135. The van der Waals surface area contributed by atoms with E-state index in [2.05, 4.69) is 20.6 Å². The van der Waals surface area contributed by atoms with E-state index in [4.69, 9.17) is 5.11 Å². The number of nitrogens with one attached hydrogen (secondary N) is 2. The summed E-state index contributed by atoms with van der Waals surface area (Å²) in [6, 6.07) is 12.8. The molecular weight excluding hydrogens is 407 g/mol. The zero-order valence-electron chi connectivity index (χ0n) is 15.4. The van der Waals surface area contributed by atoms with Crippen molar-refractivity contribution < 1.29 is 19.1 Å². The van der Waals surface area contributed by atoms with Gasteiger partial charge >= 0.3 is 5.97 Å². The van der Waals surface area contributed by atoms with Gasteiger partial charge in [-0.15, -0.1) is 11.3 Å². The van der Waals surface area contributed by atoms with Crippen molar-refractivity contribution in [2.24, 2.45) is 0 Å². The van der Waals surface area contributed by atoms with E-state index in [1.807, 2.05) is 5.38 Å². The summed E-state index contributed by atoms with van der Waals surface area (Å²) in [5.74, 6) is -1.30. The van der Waals surface area contributed by atoms with E-state index in [1.165, 1.54) is 29.8 Å². The van der Waals surface area contributed by atoms with Gasteiger partial charge in [0.1, 0.15) is 29.3 Å². The number of aliphatic carboxylic acids is 1. The van der Waals surface area contributed by atoms with Crippen molar-refractivity contribution in [1.29, 1.82) is 0 Å². The Bertz CT molecular complexity index is 1220. The third kappa shape index (κ3) is 4.11. The van der Waals surface area contributed by atoms with Crippen molar-refractivity contribution >= 4 is 44.9 Å². The first-order valence-electron chi connectivity index (χ1n) is 8.86. The van der Waals surface area contributed by atoms with E-state index < -0.39 is 18.4 Å². The summed E-state index contributed by atoms with van der Waals surface area (Å²) < 4.78 is 13.3. The number of hydrogen-bond donors (Lipinski definition) is 3. The average Bonchev–Trinajstić information content (AvgIpc) is 3.18. The number of hydrogen-bond acceptors (Lipinski definition) is 6. The molecule has 0 aliphatic carbocycles. The molecule has 2 aromatic carbocycles. The number of fused-ring (bicyclic) bond motifs is 1. The Labute approximate surface area is 174 Å². The Morgan fingerprint density at radius 2 is 1.77 bits per heavy atom. The summed E-state index contributed by atoms with van der Waals surface area (Å²) in [7, 11) is 0. The smallest absolute Gasteiger partial charge is 0.322 e. The highest BCUT2D eigenvalue weighted by atomic mass is 32.1. The molecule has 0 saturated carbocycles. The molecule has 4 aromatic rings. The lowest BCUT2D eigenvalue weighted by Crippen LogP contribution is -2.29. The molecule has 0 aliphatic heterocycles. The van der Waals surface area contributed by atoms with Gasteiger partial charge in [-0.05, 0) is 42.0 Å². The van der Waals surface area contributed by atoms with Crippen LogP contribution in [0.2, 0.25) is 0 Å². The van der Waals surface area contributed by atoms with E-state index in [0.29, 0.717) is 17.1 Å². The number of benzene rings is 2. The predicted octanol–water partition coefficient (Wildman–Crippen LogP) is 4.06. The summed E-state index contributed by atoms with van der Waals surface area (Å²) in [6.45, 7) is -0.442. The van der Waals surface area contributed by atoms with E-state index in [0.717, 1.165) is 21.3 Å². The van der Waals surface area contributed by atoms with Crippen molar-refractivity contribution in [2.75, 3.05) is 11.9 Å². The maximum atomic E-state index is 13.3. The van der Waals surface area contributed by atoms with Gasteiger partial charge in [0, 0.05) is 22.2 Å². The molecule has 0 fully saturated rings.